The lowest BCUT2D eigenvalue weighted by atomic mass is 10.0. The highest BCUT2D eigenvalue weighted by Gasteiger charge is 2.27. The Balaban J connectivity index is 1.59. The molecule has 0 radical (unpaired) electrons. The van der Waals surface area contributed by atoms with Gasteiger partial charge in [-0.1, -0.05) is 13.8 Å². The predicted molar refractivity (Wildman–Crippen MR) is 86.6 cm³/mol. The van der Waals surface area contributed by atoms with Crippen molar-refractivity contribution < 1.29 is 27.6 Å². The molecule has 26 heavy (non-hydrogen) atoms. The van der Waals surface area contributed by atoms with Gasteiger partial charge in [-0.25, -0.2) is 4.79 Å². The number of aromatic nitrogens is 2. The highest BCUT2D eigenvalue weighted by atomic mass is 16.5. The first-order valence-electron chi connectivity index (χ1n) is 7.92. The average molecular weight is 359 g/mol. The second-order valence-corrected chi connectivity index (χ2v) is 5.76. The third-order valence-corrected chi connectivity index (χ3v) is 3.49. The summed E-state index contributed by atoms with van der Waals surface area (Å²) in [6, 6.07) is 5.60. The second kappa shape index (κ2) is 7.68. The molecule has 0 bridgehead atoms. The predicted octanol–water partition coefficient (Wildman–Crippen LogP) is 2.42. The van der Waals surface area contributed by atoms with Gasteiger partial charge in [-0.05, 0) is 30.2 Å². The first-order valence-corrected chi connectivity index (χ1v) is 7.92. The third kappa shape index (κ3) is 4.00. The Morgan fingerprint density at radius 2 is 1.92 bits per heavy atom. The van der Waals surface area contributed by atoms with Crippen molar-refractivity contribution in [1.29, 1.82) is 0 Å². The Morgan fingerprint density at radius 3 is 2.58 bits per heavy atom. The summed E-state index contributed by atoms with van der Waals surface area (Å²) in [5.41, 5.74) is 0. The van der Waals surface area contributed by atoms with Crippen molar-refractivity contribution >= 4 is 11.9 Å². The number of carbonyl (C=O) groups is 2. The summed E-state index contributed by atoms with van der Waals surface area (Å²) < 4.78 is 20.7. The number of ether oxygens (including phenoxy) is 1. The molecule has 0 saturated carbocycles. The summed E-state index contributed by atoms with van der Waals surface area (Å²) in [4.78, 5) is 24.4. The summed E-state index contributed by atoms with van der Waals surface area (Å²) >= 11 is 0. The normalized spacial score (nSPS) is 12.1. The summed E-state index contributed by atoms with van der Waals surface area (Å²) in [5.74, 6) is -0.467. The van der Waals surface area contributed by atoms with E-state index in [1.807, 2.05) is 0 Å². The van der Waals surface area contributed by atoms with Crippen LogP contribution >= 0.6 is 0 Å². The van der Waals surface area contributed by atoms with Crippen molar-refractivity contribution in [2.24, 2.45) is 5.92 Å². The van der Waals surface area contributed by atoms with Gasteiger partial charge in [0.25, 0.3) is 17.7 Å². The number of amides is 1. The topological polar surface area (TPSA) is 121 Å². The van der Waals surface area contributed by atoms with E-state index in [1.54, 1.807) is 32.0 Å². The molecule has 0 spiro atoms. The quantitative estimate of drug-likeness (QED) is 0.639. The van der Waals surface area contributed by atoms with Crippen LogP contribution in [0.4, 0.5) is 0 Å². The molecule has 3 aromatic rings. The van der Waals surface area contributed by atoms with Crippen LogP contribution in [0, 0.1) is 5.92 Å². The molecule has 3 heterocycles. The van der Waals surface area contributed by atoms with Crippen molar-refractivity contribution in [3.63, 3.8) is 0 Å². The number of esters is 1. The lowest BCUT2D eigenvalue weighted by Gasteiger charge is -2.19. The van der Waals surface area contributed by atoms with E-state index in [1.165, 1.54) is 18.6 Å². The Bertz CT molecular complexity index is 851. The number of nitrogens with zero attached hydrogens (tertiary/aromatic N) is 2. The van der Waals surface area contributed by atoms with Crippen LogP contribution in [-0.4, -0.2) is 28.1 Å². The number of carbonyl (C=O) groups excluding carboxylic acids is 2. The summed E-state index contributed by atoms with van der Waals surface area (Å²) in [6.45, 7) is 3.36. The molecule has 3 aromatic heterocycles. The molecule has 136 valence electrons. The van der Waals surface area contributed by atoms with E-state index in [2.05, 4.69) is 15.5 Å². The SMILES string of the molecule is CC(C)[C@H](NC(=O)c1ccco1)C(=O)OCc1nnc(-c2ccco2)o1. The highest BCUT2D eigenvalue weighted by Crippen LogP contribution is 2.18. The van der Waals surface area contributed by atoms with Crippen LogP contribution in [0.5, 0.6) is 0 Å². The van der Waals surface area contributed by atoms with Crippen LogP contribution in [0.3, 0.4) is 0 Å². The number of hydrogen-bond acceptors (Lipinski definition) is 8. The molecule has 0 saturated heterocycles. The van der Waals surface area contributed by atoms with Crippen molar-refractivity contribution in [3.8, 4) is 11.7 Å². The lowest BCUT2D eigenvalue weighted by Crippen LogP contribution is -2.45. The van der Waals surface area contributed by atoms with E-state index in [0.29, 0.717) is 5.76 Å². The Hall–Kier alpha value is -3.36. The van der Waals surface area contributed by atoms with E-state index in [-0.39, 0.29) is 30.1 Å². The number of rotatable bonds is 7. The zero-order chi connectivity index (χ0) is 18.5. The van der Waals surface area contributed by atoms with Gasteiger partial charge < -0.3 is 23.3 Å². The maximum Gasteiger partial charge on any atom is 0.329 e. The van der Waals surface area contributed by atoms with Crippen LogP contribution in [0.2, 0.25) is 0 Å². The molecular formula is C17H17N3O6. The van der Waals surface area contributed by atoms with Gasteiger partial charge in [-0.2, -0.15) is 0 Å². The zero-order valence-electron chi connectivity index (χ0n) is 14.2. The molecule has 0 aliphatic heterocycles. The monoisotopic (exact) mass is 359 g/mol. The molecule has 3 rings (SSSR count). The van der Waals surface area contributed by atoms with Crippen LogP contribution < -0.4 is 5.32 Å². The van der Waals surface area contributed by atoms with Crippen molar-refractivity contribution in [3.05, 3.63) is 48.4 Å². The fourth-order valence-corrected chi connectivity index (χ4v) is 2.15. The zero-order valence-corrected chi connectivity index (χ0v) is 14.2. The average Bonchev–Trinajstić information content (AvgIpc) is 3.38. The van der Waals surface area contributed by atoms with Gasteiger partial charge in [-0.3, -0.25) is 4.79 Å². The molecule has 0 aromatic carbocycles. The molecule has 1 atom stereocenters. The van der Waals surface area contributed by atoms with Gasteiger partial charge >= 0.3 is 5.97 Å². The number of nitrogens with one attached hydrogen (secondary N) is 1. The van der Waals surface area contributed by atoms with E-state index < -0.39 is 17.9 Å². The molecule has 0 fully saturated rings. The minimum atomic E-state index is -0.847. The van der Waals surface area contributed by atoms with E-state index in [4.69, 9.17) is 18.0 Å². The van der Waals surface area contributed by atoms with Crippen LogP contribution in [-0.2, 0) is 16.1 Å². The molecule has 1 N–H and O–H groups in total. The first kappa shape index (κ1) is 17.5. The summed E-state index contributed by atoms with van der Waals surface area (Å²) in [5, 5.41) is 10.2. The van der Waals surface area contributed by atoms with E-state index in [0.717, 1.165) is 0 Å². The number of furan rings is 2. The number of hydrogen-bond donors (Lipinski definition) is 1. The fourth-order valence-electron chi connectivity index (χ4n) is 2.15. The largest absolute Gasteiger partial charge is 0.459 e. The van der Waals surface area contributed by atoms with Crippen LogP contribution in [0.15, 0.2) is 50.0 Å². The Labute approximate surface area is 148 Å². The Morgan fingerprint density at radius 1 is 1.15 bits per heavy atom. The highest BCUT2D eigenvalue weighted by molar-refractivity contribution is 5.94. The van der Waals surface area contributed by atoms with Crippen LogP contribution in [0.1, 0.15) is 30.3 Å². The molecule has 9 heteroatoms. The summed E-state index contributed by atoms with van der Waals surface area (Å²) in [7, 11) is 0. The van der Waals surface area contributed by atoms with Gasteiger partial charge in [0.2, 0.25) is 0 Å². The Kier molecular flexibility index (Phi) is 5.16. The maximum atomic E-state index is 12.3. The minimum absolute atomic E-state index is 0.114. The van der Waals surface area contributed by atoms with Gasteiger partial charge in [0.05, 0.1) is 12.5 Å². The van der Waals surface area contributed by atoms with Crippen LogP contribution in [0.25, 0.3) is 11.7 Å². The lowest BCUT2D eigenvalue weighted by molar-refractivity contribution is -0.149. The maximum absolute atomic E-state index is 12.3. The molecule has 9 nitrogen and oxygen atoms in total. The van der Waals surface area contributed by atoms with Gasteiger partial charge in [0.1, 0.15) is 6.04 Å². The first-order chi connectivity index (χ1) is 12.5. The van der Waals surface area contributed by atoms with E-state index in [9.17, 15) is 9.59 Å². The molecule has 1 amide bonds. The van der Waals surface area contributed by atoms with Crippen molar-refractivity contribution in [2.75, 3.05) is 0 Å². The molecule has 0 unspecified atom stereocenters. The summed E-state index contributed by atoms with van der Waals surface area (Å²) in [6.07, 6.45) is 2.86. The van der Waals surface area contributed by atoms with Gasteiger partial charge in [0, 0.05) is 0 Å². The minimum Gasteiger partial charge on any atom is -0.459 e. The van der Waals surface area contributed by atoms with Gasteiger partial charge in [-0.15, -0.1) is 10.2 Å². The molecule has 0 aliphatic carbocycles. The van der Waals surface area contributed by atoms with Crippen molar-refractivity contribution in [1.82, 2.24) is 15.5 Å². The van der Waals surface area contributed by atoms with E-state index >= 15 is 0 Å². The molecule has 0 aliphatic rings. The molecular weight excluding hydrogens is 342 g/mol. The van der Waals surface area contributed by atoms with Gasteiger partial charge in [0.15, 0.2) is 18.1 Å². The second-order valence-electron chi connectivity index (χ2n) is 5.76. The standard InChI is InChI=1S/C17H17N3O6/c1-10(2)14(18-15(21)11-5-3-7-23-11)17(22)25-9-13-19-20-16(26-13)12-6-4-8-24-12/h3-8,10,14H,9H2,1-2H3,(H,18,21)/t14-/m0/s1. The third-order valence-electron chi connectivity index (χ3n) is 3.49. The smallest absolute Gasteiger partial charge is 0.329 e. The fraction of sp³-hybridized carbons (Fsp3) is 0.294. The van der Waals surface area contributed by atoms with Crippen molar-refractivity contribution in [2.45, 2.75) is 26.5 Å².